The minimum absolute atomic E-state index is 0. The Morgan fingerprint density at radius 2 is 1.68 bits per heavy atom. The van der Waals surface area contributed by atoms with Crippen LogP contribution in [0.1, 0.15) is 52.6 Å². The predicted molar refractivity (Wildman–Crippen MR) is 161 cm³/mol. The van der Waals surface area contributed by atoms with Crippen LogP contribution in [0.3, 0.4) is 0 Å². The molecule has 0 N–H and O–H groups in total. The van der Waals surface area contributed by atoms with Gasteiger partial charge in [-0.1, -0.05) is 59.6 Å². The molecule has 0 aromatic heterocycles. The van der Waals surface area contributed by atoms with Gasteiger partial charge in [0.05, 0.1) is 10.0 Å². The number of hydrogen-bond donors (Lipinski definition) is 0. The van der Waals surface area contributed by atoms with E-state index < -0.39 is 0 Å². The summed E-state index contributed by atoms with van der Waals surface area (Å²) in [7, 11) is 1.88. The average molecular weight is 578 g/mol. The first kappa shape index (κ1) is 29.9. The lowest BCUT2D eigenvalue weighted by atomic mass is 9.89. The fourth-order valence-electron chi connectivity index (χ4n) is 5.05. The summed E-state index contributed by atoms with van der Waals surface area (Å²) >= 11 is 14.4. The number of rotatable bonds is 9. The minimum atomic E-state index is 0. The molecule has 37 heavy (non-hydrogen) atoms. The number of nitrogens with zero attached hydrogens (tertiary/aromatic N) is 2. The summed E-state index contributed by atoms with van der Waals surface area (Å²) in [6.45, 7) is 3.82. The number of piperidine rings is 1. The van der Waals surface area contributed by atoms with Crippen LogP contribution >= 0.6 is 47.4 Å². The van der Waals surface area contributed by atoms with Crippen LogP contribution < -0.4 is 0 Å². The third kappa shape index (κ3) is 8.15. The van der Waals surface area contributed by atoms with Crippen molar-refractivity contribution in [3.63, 3.8) is 0 Å². The van der Waals surface area contributed by atoms with Crippen LogP contribution in [-0.4, -0.2) is 55.2 Å². The van der Waals surface area contributed by atoms with E-state index >= 15 is 0 Å². The van der Waals surface area contributed by atoms with Crippen molar-refractivity contribution in [3.8, 4) is 0 Å². The number of likely N-dealkylation sites (tertiary alicyclic amines) is 1. The van der Waals surface area contributed by atoms with E-state index in [9.17, 15) is 4.79 Å². The van der Waals surface area contributed by atoms with E-state index in [1.807, 2.05) is 60.5 Å². The lowest BCUT2D eigenvalue weighted by molar-refractivity contribution is 0.0781. The molecule has 0 unspecified atom stereocenters. The predicted octanol–water partition coefficient (Wildman–Crippen LogP) is 8.26. The van der Waals surface area contributed by atoms with E-state index in [1.54, 1.807) is 11.8 Å². The van der Waals surface area contributed by atoms with Crippen LogP contribution in [0.4, 0.5) is 0 Å². The molecule has 1 atom stereocenters. The molecule has 1 amide bonds. The second-order valence-corrected chi connectivity index (χ2v) is 11.3. The Morgan fingerprint density at radius 1 is 1.00 bits per heavy atom. The molecule has 198 valence electrons. The van der Waals surface area contributed by atoms with Crippen LogP contribution in [0.2, 0.25) is 10.0 Å². The van der Waals surface area contributed by atoms with Crippen LogP contribution in [-0.2, 0) is 0 Å². The summed E-state index contributed by atoms with van der Waals surface area (Å²) in [4.78, 5) is 18.7. The molecule has 3 nitrogen and oxygen atoms in total. The maximum Gasteiger partial charge on any atom is 0.253 e. The molecular formula is C30H35Cl3N2OS. The fourth-order valence-corrected chi connectivity index (χ4v) is 5.76. The molecule has 4 rings (SSSR count). The van der Waals surface area contributed by atoms with E-state index in [0.717, 1.165) is 31.6 Å². The summed E-state index contributed by atoms with van der Waals surface area (Å²) < 4.78 is 0. The SMILES string of the molecule is CSc1ccc(C2CCN(CC[C@H](CN(C)C(=O)c3ccccc3)c3ccc(Cl)c(Cl)c3)CC2)cc1.Cl. The van der Waals surface area contributed by atoms with Gasteiger partial charge in [-0.15, -0.1) is 24.2 Å². The van der Waals surface area contributed by atoms with Crippen molar-refractivity contribution in [3.05, 3.63) is 99.5 Å². The van der Waals surface area contributed by atoms with Gasteiger partial charge in [-0.3, -0.25) is 4.79 Å². The van der Waals surface area contributed by atoms with Crippen LogP contribution in [0.5, 0.6) is 0 Å². The maximum absolute atomic E-state index is 13.0. The molecule has 1 fully saturated rings. The highest BCUT2D eigenvalue weighted by Gasteiger charge is 2.24. The van der Waals surface area contributed by atoms with E-state index in [0.29, 0.717) is 28.1 Å². The van der Waals surface area contributed by atoms with E-state index in [1.165, 1.54) is 23.3 Å². The van der Waals surface area contributed by atoms with Gasteiger partial charge in [-0.05, 0) is 98.6 Å². The standard InChI is InChI=1S/C30H34Cl2N2OS.ClH/c1-33(30(35)24-6-4-3-5-7-24)21-26(25-10-13-28(31)29(32)20-25)16-19-34-17-14-23(15-18-34)22-8-11-27(36-2)12-9-22;/h3-13,20,23,26H,14-19,21H2,1-2H3;1H/t26-;/m1./s1. The molecule has 1 aliphatic heterocycles. The Kier molecular flexibility index (Phi) is 11.7. The Balaban J connectivity index is 0.00000380. The van der Waals surface area contributed by atoms with E-state index in [-0.39, 0.29) is 24.2 Å². The molecule has 1 aliphatic rings. The zero-order valence-electron chi connectivity index (χ0n) is 21.4. The second-order valence-electron chi connectivity index (χ2n) is 9.60. The topological polar surface area (TPSA) is 23.6 Å². The third-order valence-corrected chi connectivity index (χ3v) is 8.73. The lowest BCUT2D eigenvalue weighted by Crippen LogP contribution is -2.36. The summed E-state index contributed by atoms with van der Waals surface area (Å²) in [6.07, 6.45) is 5.44. The smallest absolute Gasteiger partial charge is 0.253 e. The van der Waals surface area contributed by atoms with Crippen molar-refractivity contribution in [1.82, 2.24) is 9.80 Å². The first-order valence-electron chi connectivity index (χ1n) is 12.6. The third-order valence-electron chi connectivity index (χ3n) is 7.25. The highest BCUT2D eigenvalue weighted by atomic mass is 35.5. The molecule has 1 heterocycles. The monoisotopic (exact) mass is 576 g/mol. The Bertz CT molecular complexity index is 1140. The van der Waals surface area contributed by atoms with Gasteiger partial charge in [0.25, 0.3) is 5.91 Å². The summed E-state index contributed by atoms with van der Waals surface area (Å²) in [6, 6.07) is 24.4. The van der Waals surface area contributed by atoms with Crippen molar-refractivity contribution in [2.45, 2.75) is 36.0 Å². The first-order valence-corrected chi connectivity index (χ1v) is 14.5. The number of hydrogen-bond acceptors (Lipinski definition) is 3. The Morgan fingerprint density at radius 3 is 2.30 bits per heavy atom. The number of benzene rings is 3. The zero-order chi connectivity index (χ0) is 25.5. The Hall–Kier alpha value is -1.69. The fraction of sp³-hybridized carbons (Fsp3) is 0.367. The lowest BCUT2D eigenvalue weighted by Gasteiger charge is -2.34. The van der Waals surface area contributed by atoms with Gasteiger partial charge in [-0.2, -0.15) is 0 Å². The molecule has 0 radical (unpaired) electrons. The molecule has 0 bridgehead atoms. The minimum Gasteiger partial charge on any atom is -0.341 e. The highest BCUT2D eigenvalue weighted by Crippen LogP contribution is 2.32. The van der Waals surface area contributed by atoms with Gasteiger partial charge in [0.1, 0.15) is 0 Å². The molecule has 7 heteroatoms. The van der Waals surface area contributed by atoms with Gasteiger partial charge in [-0.25, -0.2) is 0 Å². The number of thioether (sulfide) groups is 1. The number of halogens is 3. The van der Waals surface area contributed by atoms with E-state index in [2.05, 4.69) is 35.4 Å². The number of carbonyl (C=O) groups excluding carboxylic acids is 1. The molecule has 3 aromatic carbocycles. The van der Waals surface area contributed by atoms with Gasteiger partial charge in [0, 0.05) is 30.0 Å². The Labute approximate surface area is 241 Å². The number of carbonyl (C=O) groups is 1. The molecular weight excluding hydrogens is 543 g/mol. The van der Waals surface area contributed by atoms with Gasteiger partial charge < -0.3 is 9.80 Å². The molecule has 0 aliphatic carbocycles. The van der Waals surface area contributed by atoms with Crippen molar-refractivity contribution in [1.29, 1.82) is 0 Å². The van der Waals surface area contributed by atoms with E-state index in [4.69, 9.17) is 23.2 Å². The molecule has 3 aromatic rings. The highest BCUT2D eigenvalue weighted by molar-refractivity contribution is 7.98. The van der Waals surface area contributed by atoms with Crippen LogP contribution in [0, 0.1) is 0 Å². The number of amides is 1. The van der Waals surface area contributed by atoms with Crippen LogP contribution in [0.15, 0.2) is 77.7 Å². The quantitative estimate of drug-likeness (QED) is 0.239. The normalized spacial score (nSPS) is 15.1. The zero-order valence-corrected chi connectivity index (χ0v) is 24.6. The number of likely N-dealkylation sites (N-methyl/N-ethyl adjacent to an activating group) is 1. The van der Waals surface area contributed by atoms with Crippen LogP contribution in [0.25, 0.3) is 0 Å². The molecule has 1 saturated heterocycles. The molecule has 0 spiro atoms. The van der Waals surface area contributed by atoms with Crippen molar-refractivity contribution < 1.29 is 4.79 Å². The summed E-state index contributed by atoms with van der Waals surface area (Å²) in [5.41, 5.74) is 3.29. The molecule has 0 saturated carbocycles. The summed E-state index contributed by atoms with van der Waals surface area (Å²) in [5.74, 6) is 0.848. The van der Waals surface area contributed by atoms with Gasteiger partial charge in [0.15, 0.2) is 0 Å². The maximum atomic E-state index is 13.0. The van der Waals surface area contributed by atoms with Gasteiger partial charge >= 0.3 is 0 Å². The van der Waals surface area contributed by atoms with Crippen molar-refractivity contribution in [2.75, 3.05) is 39.5 Å². The average Bonchev–Trinajstić information content (AvgIpc) is 2.93. The van der Waals surface area contributed by atoms with Crippen molar-refractivity contribution in [2.24, 2.45) is 0 Å². The van der Waals surface area contributed by atoms with Gasteiger partial charge in [0.2, 0.25) is 0 Å². The van der Waals surface area contributed by atoms with Crippen molar-refractivity contribution >= 4 is 53.3 Å². The first-order chi connectivity index (χ1) is 17.4. The summed E-state index contributed by atoms with van der Waals surface area (Å²) in [5, 5.41) is 1.12. The largest absolute Gasteiger partial charge is 0.341 e. The second kappa shape index (κ2) is 14.5.